The van der Waals surface area contributed by atoms with Gasteiger partial charge in [-0.3, -0.25) is 4.79 Å². The van der Waals surface area contributed by atoms with E-state index in [0.717, 1.165) is 5.69 Å². The van der Waals surface area contributed by atoms with E-state index < -0.39 is 5.97 Å². The fourth-order valence-corrected chi connectivity index (χ4v) is 3.11. The molecule has 8 heteroatoms. The van der Waals surface area contributed by atoms with E-state index >= 15 is 0 Å². The van der Waals surface area contributed by atoms with E-state index in [-0.39, 0.29) is 30.2 Å². The zero-order chi connectivity index (χ0) is 24.0. The van der Waals surface area contributed by atoms with Crippen LogP contribution in [0.1, 0.15) is 31.3 Å². The molecule has 8 nitrogen and oxygen atoms in total. The van der Waals surface area contributed by atoms with Crippen molar-refractivity contribution in [3.63, 3.8) is 0 Å². The Morgan fingerprint density at radius 3 is 2.33 bits per heavy atom. The molecule has 1 atom stereocenters. The molecule has 3 rings (SSSR count). The molecular formula is C25H29N3O5. The van der Waals surface area contributed by atoms with Crippen LogP contribution in [-0.4, -0.2) is 48.5 Å². The number of hydrogen-bond donors (Lipinski definition) is 1. The number of carbonyl (C=O) groups is 2. The highest BCUT2D eigenvalue weighted by Gasteiger charge is 2.22. The number of nitrogens with zero attached hydrogens (tertiary/aromatic N) is 2. The van der Waals surface area contributed by atoms with Crippen LogP contribution in [-0.2, 0) is 9.53 Å². The molecule has 1 amide bonds. The van der Waals surface area contributed by atoms with Gasteiger partial charge in [-0.2, -0.15) is 5.10 Å². The fourth-order valence-electron chi connectivity index (χ4n) is 3.11. The lowest BCUT2D eigenvalue weighted by Crippen LogP contribution is -2.38. The molecule has 174 valence electrons. The molecular weight excluding hydrogens is 422 g/mol. The van der Waals surface area contributed by atoms with Gasteiger partial charge < -0.3 is 19.5 Å². The Morgan fingerprint density at radius 2 is 1.70 bits per heavy atom. The number of amides is 1. The van der Waals surface area contributed by atoms with Crippen LogP contribution < -0.4 is 14.8 Å². The molecule has 1 unspecified atom stereocenters. The quantitative estimate of drug-likeness (QED) is 0.497. The van der Waals surface area contributed by atoms with Crippen LogP contribution in [0.4, 0.5) is 0 Å². The lowest BCUT2D eigenvalue weighted by atomic mass is 10.1. The molecule has 0 radical (unpaired) electrons. The van der Waals surface area contributed by atoms with E-state index in [1.165, 1.54) is 0 Å². The number of hydrogen-bond acceptors (Lipinski definition) is 6. The molecule has 0 aliphatic heterocycles. The summed E-state index contributed by atoms with van der Waals surface area (Å²) < 4.78 is 17.6. The largest absolute Gasteiger partial charge is 0.493 e. The summed E-state index contributed by atoms with van der Waals surface area (Å²) in [5.74, 6) is 0.296. The molecule has 0 saturated heterocycles. The van der Waals surface area contributed by atoms with Crippen molar-refractivity contribution in [3.8, 4) is 28.3 Å². The van der Waals surface area contributed by atoms with Crippen molar-refractivity contribution in [1.82, 2.24) is 15.1 Å². The predicted octanol–water partition coefficient (Wildman–Crippen LogP) is 3.87. The van der Waals surface area contributed by atoms with Crippen molar-refractivity contribution in [2.75, 3.05) is 20.8 Å². The van der Waals surface area contributed by atoms with Gasteiger partial charge in [-0.25, -0.2) is 9.48 Å². The van der Waals surface area contributed by atoms with Gasteiger partial charge in [-0.05, 0) is 42.7 Å². The molecule has 0 aliphatic carbocycles. The number of esters is 1. The van der Waals surface area contributed by atoms with Crippen molar-refractivity contribution in [2.24, 2.45) is 5.92 Å². The van der Waals surface area contributed by atoms with Crippen LogP contribution >= 0.6 is 0 Å². The first-order valence-corrected chi connectivity index (χ1v) is 10.7. The fraction of sp³-hybridized carbons (Fsp3) is 0.320. The number of aromatic nitrogens is 2. The van der Waals surface area contributed by atoms with Crippen LogP contribution in [0.5, 0.6) is 11.5 Å². The monoisotopic (exact) mass is 451 g/mol. The number of carbonyl (C=O) groups excluding carboxylic acids is 2. The van der Waals surface area contributed by atoms with Crippen molar-refractivity contribution < 1.29 is 23.8 Å². The van der Waals surface area contributed by atoms with Crippen LogP contribution in [0.15, 0.2) is 54.7 Å². The summed E-state index contributed by atoms with van der Waals surface area (Å²) in [6.07, 6.45) is 1.74. The molecule has 0 spiro atoms. The maximum atomic E-state index is 13.0. The Hall–Kier alpha value is -3.81. The molecule has 2 aromatic carbocycles. The van der Waals surface area contributed by atoms with Crippen molar-refractivity contribution in [2.45, 2.75) is 26.8 Å². The van der Waals surface area contributed by atoms with Crippen LogP contribution in [0.2, 0.25) is 0 Å². The minimum atomic E-state index is -0.693. The van der Waals surface area contributed by atoms with E-state index in [4.69, 9.17) is 14.2 Å². The molecule has 1 heterocycles. The molecule has 0 aliphatic rings. The zero-order valence-corrected chi connectivity index (χ0v) is 19.5. The average molecular weight is 452 g/mol. The first-order chi connectivity index (χ1) is 15.8. The number of rotatable bonds is 9. The number of ether oxygens (including phenoxy) is 3. The Bertz CT molecular complexity index is 1110. The number of benzene rings is 2. The van der Waals surface area contributed by atoms with E-state index in [9.17, 15) is 9.59 Å². The van der Waals surface area contributed by atoms with E-state index in [2.05, 4.69) is 10.4 Å². The number of para-hydroxylation sites is 1. The van der Waals surface area contributed by atoms with E-state index in [0.29, 0.717) is 22.6 Å². The van der Waals surface area contributed by atoms with Gasteiger partial charge in [0.05, 0.1) is 19.9 Å². The third kappa shape index (κ3) is 5.71. The average Bonchev–Trinajstić information content (AvgIpc) is 3.28. The van der Waals surface area contributed by atoms with Crippen LogP contribution in [0.25, 0.3) is 16.8 Å². The van der Waals surface area contributed by atoms with Gasteiger partial charge in [0, 0.05) is 17.8 Å². The predicted molar refractivity (Wildman–Crippen MR) is 125 cm³/mol. The SMILES string of the molecule is COc1ccc(-c2cn(-c3ccccc3)nc2C(=O)OCC(=O)NC(C)C(C)C)cc1OC. The molecule has 33 heavy (non-hydrogen) atoms. The maximum absolute atomic E-state index is 13.0. The summed E-state index contributed by atoms with van der Waals surface area (Å²) in [7, 11) is 3.10. The normalized spacial score (nSPS) is 11.7. The summed E-state index contributed by atoms with van der Waals surface area (Å²) in [5.41, 5.74) is 2.11. The van der Waals surface area contributed by atoms with Gasteiger partial charge in [0.1, 0.15) is 0 Å². The van der Waals surface area contributed by atoms with Gasteiger partial charge in [0.2, 0.25) is 0 Å². The molecule has 0 fully saturated rings. The minimum absolute atomic E-state index is 0.0317. The van der Waals surface area contributed by atoms with Gasteiger partial charge in [-0.1, -0.05) is 38.1 Å². The first-order valence-electron chi connectivity index (χ1n) is 10.7. The maximum Gasteiger partial charge on any atom is 0.360 e. The second-order valence-electron chi connectivity index (χ2n) is 7.92. The molecule has 1 aromatic heterocycles. The molecule has 0 bridgehead atoms. The third-order valence-electron chi connectivity index (χ3n) is 5.35. The second kappa shape index (κ2) is 10.7. The van der Waals surface area contributed by atoms with E-state index in [1.807, 2.05) is 57.2 Å². The number of nitrogens with one attached hydrogen (secondary N) is 1. The molecule has 1 N–H and O–H groups in total. The highest BCUT2D eigenvalue weighted by atomic mass is 16.5. The highest BCUT2D eigenvalue weighted by Crippen LogP contribution is 2.34. The summed E-state index contributed by atoms with van der Waals surface area (Å²) >= 11 is 0. The van der Waals surface area contributed by atoms with Gasteiger partial charge in [-0.15, -0.1) is 0 Å². The van der Waals surface area contributed by atoms with Crippen LogP contribution in [0, 0.1) is 5.92 Å². The Kier molecular flexibility index (Phi) is 7.71. The van der Waals surface area contributed by atoms with Crippen molar-refractivity contribution in [3.05, 3.63) is 60.4 Å². The summed E-state index contributed by atoms with van der Waals surface area (Å²) in [6.45, 7) is 5.52. The lowest BCUT2D eigenvalue weighted by molar-refractivity contribution is -0.125. The van der Waals surface area contributed by atoms with Gasteiger partial charge >= 0.3 is 5.97 Å². The zero-order valence-electron chi connectivity index (χ0n) is 19.5. The van der Waals surface area contributed by atoms with Gasteiger partial charge in [0.25, 0.3) is 5.91 Å². The van der Waals surface area contributed by atoms with Gasteiger partial charge in [0.15, 0.2) is 23.8 Å². The topological polar surface area (TPSA) is 91.7 Å². The smallest absolute Gasteiger partial charge is 0.360 e. The Balaban J connectivity index is 1.92. The second-order valence-corrected chi connectivity index (χ2v) is 7.92. The number of methoxy groups -OCH3 is 2. The Morgan fingerprint density at radius 1 is 1.00 bits per heavy atom. The van der Waals surface area contributed by atoms with Crippen molar-refractivity contribution >= 4 is 11.9 Å². The van der Waals surface area contributed by atoms with Crippen molar-refractivity contribution in [1.29, 1.82) is 0 Å². The van der Waals surface area contributed by atoms with E-state index in [1.54, 1.807) is 37.2 Å². The summed E-state index contributed by atoms with van der Waals surface area (Å²) in [4.78, 5) is 25.1. The summed E-state index contributed by atoms with van der Waals surface area (Å²) in [6, 6.07) is 14.7. The van der Waals surface area contributed by atoms with Crippen LogP contribution in [0.3, 0.4) is 0 Å². The molecule has 3 aromatic rings. The first kappa shape index (κ1) is 23.8. The molecule has 0 saturated carbocycles. The lowest BCUT2D eigenvalue weighted by Gasteiger charge is -2.17. The Labute approximate surface area is 193 Å². The third-order valence-corrected chi connectivity index (χ3v) is 5.35. The summed E-state index contributed by atoms with van der Waals surface area (Å²) in [5, 5.41) is 7.28. The standard InChI is InChI=1S/C25H29N3O5/c1-16(2)17(3)26-23(29)15-33-25(30)24-20(14-28(27-24)19-9-7-6-8-10-19)18-11-12-21(31-4)22(13-18)32-5/h6-14,16-17H,15H2,1-5H3,(H,26,29). The highest BCUT2D eigenvalue weighted by molar-refractivity contribution is 5.96. The minimum Gasteiger partial charge on any atom is -0.493 e.